The number of aromatic nitrogens is 2. The molecule has 0 spiro atoms. The quantitative estimate of drug-likeness (QED) is 0.862. The summed E-state index contributed by atoms with van der Waals surface area (Å²) in [5.41, 5.74) is 2.76. The number of rotatable bonds is 2. The van der Waals surface area contributed by atoms with Crippen LogP contribution in [0.1, 0.15) is 30.0 Å². The Morgan fingerprint density at radius 2 is 2.00 bits per heavy atom. The number of hydrogen-bond acceptors (Lipinski definition) is 2. The highest BCUT2D eigenvalue weighted by Crippen LogP contribution is 2.23. The number of aryl methyl sites for hydroxylation is 2. The Bertz CT molecular complexity index is 789. The van der Waals surface area contributed by atoms with Gasteiger partial charge < -0.3 is 0 Å². The average molecular weight is 291 g/mol. The van der Waals surface area contributed by atoms with Gasteiger partial charge in [-0.2, -0.15) is 0 Å². The van der Waals surface area contributed by atoms with Gasteiger partial charge in [0, 0.05) is 0 Å². The van der Waals surface area contributed by atoms with Crippen LogP contribution in [0.25, 0.3) is 5.69 Å². The van der Waals surface area contributed by atoms with Gasteiger partial charge in [0.05, 0.1) is 11.3 Å². The Morgan fingerprint density at radius 3 is 2.75 bits per heavy atom. The van der Waals surface area contributed by atoms with E-state index in [1.165, 1.54) is 15.7 Å². The Balaban J connectivity index is 2.25. The molecule has 5 heteroatoms. The minimum absolute atomic E-state index is 0.139. The summed E-state index contributed by atoms with van der Waals surface area (Å²) in [7, 11) is 0. The monoisotopic (exact) mass is 290 g/mol. The third-order valence-electron chi connectivity index (χ3n) is 3.84. The summed E-state index contributed by atoms with van der Waals surface area (Å²) in [5.74, 6) is 0. The SMILES string of the molecule is CCc1c(Cl)[nH]c(=O)n(-c2ccc3c(c2)CCC3)c1=O. The molecule has 0 saturated carbocycles. The summed E-state index contributed by atoms with van der Waals surface area (Å²) in [6.07, 6.45) is 3.69. The second-order valence-corrected chi connectivity index (χ2v) is 5.40. The van der Waals surface area contributed by atoms with Gasteiger partial charge in [-0.1, -0.05) is 24.6 Å². The van der Waals surface area contributed by atoms with Crippen LogP contribution in [-0.4, -0.2) is 9.55 Å². The molecule has 0 fully saturated rings. The van der Waals surface area contributed by atoms with Crippen LogP contribution in [-0.2, 0) is 19.3 Å². The number of halogens is 1. The molecule has 1 aromatic heterocycles. The topological polar surface area (TPSA) is 54.9 Å². The first-order valence-corrected chi connectivity index (χ1v) is 7.15. The van der Waals surface area contributed by atoms with E-state index in [1.54, 1.807) is 0 Å². The molecule has 20 heavy (non-hydrogen) atoms. The fraction of sp³-hybridized carbons (Fsp3) is 0.333. The predicted molar refractivity (Wildman–Crippen MR) is 79.1 cm³/mol. The molecule has 0 bridgehead atoms. The highest BCUT2D eigenvalue weighted by Gasteiger charge is 2.15. The number of nitrogens with zero attached hydrogens (tertiary/aromatic N) is 1. The van der Waals surface area contributed by atoms with Crippen molar-refractivity contribution in [2.24, 2.45) is 0 Å². The molecule has 1 aliphatic carbocycles. The Hall–Kier alpha value is -1.81. The van der Waals surface area contributed by atoms with E-state index in [-0.39, 0.29) is 10.7 Å². The number of aromatic amines is 1. The van der Waals surface area contributed by atoms with Crippen molar-refractivity contribution in [3.63, 3.8) is 0 Å². The molecule has 4 nitrogen and oxygen atoms in total. The van der Waals surface area contributed by atoms with Gasteiger partial charge in [-0.15, -0.1) is 0 Å². The maximum absolute atomic E-state index is 12.4. The van der Waals surface area contributed by atoms with Crippen LogP contribution in [0.4, 0.5) is 0 Å². The van der Waals surface area contributed by atoms with Crippen LogP contribution in [0.15, 0.2) is 27.8 Å². The first-order valence-electron chi connectivity index (χ1n) is 6.77. The van der Waals surface area contributed by atoms with Gasteiger partial charge in [-0.3, -0.25) is 9.78 Å². The van der Waals surface area contributed by atoms with Crippen molar-refractivity contribution < 1.29 is 0 Å². The Morgan fingerprint density at radius 1 is 1.25 bits per heavy atom. The van der Waals surface area contributed by atoms with Crippen molar-refractivity contribution in [2.75, 3.05) is 0 Å². The normalized spacial score (nSPS) is 13.5. The smallest absolute Gasteiger partial charge is 0.297 e. The molecular weight excluding hydrogens is 276 g/mol. The van der Waals surface area contributed by atoms with Gasteiger partial charge in [0.2, 0.25) is 0 Å². The molecule has 0 amide bonds. The van der Waals surface area contributed by atoms with Crippen molar-refractivity contribution in [3.05, 3.63) is 60.9 Å². The summed E-state index contributed by atoms with van der Waals surface area (Å²) in [4.78, 5) is 27.0. The van der Waals surface area contributed by atoms with Crippen molar-refractivity contribution in [1.29, 1.82) is 0 Å². The summed E-state index contributed by atoms with van der Waals surface area (Å²) in [5, 5.41) is 0.139. The van der Waals surface area contributed by atoms with E-state index < -0.39 is 5.69 Å². The van der Waals surface area contributed by atoms with Gasteiger partial charge in [0.1, 0.15) is 5.15 Å². The van der Waals surface area contributed by atoms with E-state index in [0.29, 0.717) is 17.7 Å². The lowest BCUT2D eigenvalue weighted by Gasteiger charge is -2.09. The van der Waals surface area contributed by atoms with Crippen LogP contribution in [0.5, 0.6) is 0 Å². The lowest BCUT2D eigenvalue weighted by atomic mass is 10.1. The van der Waals surface area contributed by atoms with Crippen molar-refractivity contribution in [3.8, 4) is 5.69 Å². The van der Waals surface area contributed by atoms with Crippen LogP contribution in [0.2, 0.25) is 5.15 Å². The van der Waals surface area contributed by atoms with Gasteiger partial charge in [0.15, 0.2) is 0 Å². The lowest BCUT2D eigenvalue weighted by Crippen LogP contribution is -2.36. The van der Waals surface area contributed by atoms with E-state index in [1.807, 2.05) is 25.1 Å². The standard InChI is InChI=1S/C15H15ClN2O2/c1-2-12-13(16)17-15(20)18(14(12)19)11-7-6-9-4-3-5-10(9)8-11/h6-8H,2-5H2,1H3,(H,17,20). The van der Waals surface area contributed by atoms with Crippen molar-refractivity contribution >= 4 is 11.6 Å². The summed E-state index contributed by atoms with van der Waals surface area (Å²) < 4.78 is 1.17. The largest absolute Gasteiger partial charge is 0.334 e. The van der Waals surface area contributed by atoms with E-state index in [9.17, 15) is 9.59 Å². The fourth-order valence-electron chi connectivity index (χ4n) is 2.78. The van der Waals surface area contributed by atoms with E-state index in [0.717, 1.165) is 19.3 Å². The maximum atomic E-state index is 12.4. The number of hydrogen-bond donors (Lipinski definition) is 1. The fourth-order valence-corrected chi connectivity index (χ4v) is 3.08. The first-order chi connectivity index (χ1) is 9.61. The molecule has 1 aliphatic rings. The molecule has 2 aromatic rings. The van der Waals surface area contributed by atoms with Gasteiger partial charge in [-0.25, -0.2) is 9.36 Å². The first kappa shape index (κ1) is 13.2. The molecule has 1 aromatic carbocycles. The molecule has 3 rings (SSSR count). The number of benzene rings is 1. The molecule has 0 radical (unpaired) electrons. The molecule has 1 N–H and O–H groups in total. The average Bonchev–Trinajstić information content (AvgIpc) is 2.86. The molecule has 0 unspecified atom stereocenters. The van der Waals surface area contributed by atoms with E-state index >= 15 is 0 Å². The number of fused-ring (bicyclic) bond motifs is 1. The predicted octanol–water partition coefficient (Wildman–Crippen LogP) is 2.23. The molecule has 0 aliphatic heterocycles. The zero-order chi connectivity index (χ0) is 14.3. The van der Waals surface area contributed by atoms with Crippen LogP contribution in [0, 0.1) is 0 Å². The molecule has 1 heterocycles. The zero-order valence-corrected chi connectivity index (χ0v) is 12.0. The second-order valence-electron chi connectivity index (χ2n) is 5.02. The van der Waals surface area contributed by atoms with Crippen LogP contribution >= 0.6 is 11.6 Å². The Labute approximate surface area is 121 Å². The maximum Gasteiger partial charge on any atom is 0.334 e. The van der Waals surface area contributed by atoms with Crippen molar-refractivity contribution in [2.45, 2.75) is 32.6 Å². The highest BCUT2D eigenvalue weighted by molar-refractivity contribution is 6.30. The third-order valence-corrected chi connectivity index (χ3v) is 4.16. The van der Waals surface area contributed by atoms with Gasteiger partial charge >= 0.3 is 5.69 Å². The molecule has 0 atom stereocenters. The van der Waals surface area contributed by atoms with Gasteiger partial charge in [0.25, 0.3) is 5.56 Å². The van der Waals surface area contributed by atoms with Crippen LogP contribution in [0.3, 0.4) is 0 Å². The lowest BCUT2D eigenvalue weighted by molar-refractivity contribution is 0.840. The van der Waals surface area contributed by atoms with Crippen LogP contribution < -0.4 is 11.2 Å². The zero-order valence-electron chi connectivity index (χ0n) is 11.2. The van der Waals surface area contributed by atoms with Crippen molar-refractivity contribution in [1.82, 2.24) is 9.55 Å². The minimum atomic E-state index is -0.491. The Kier molecular flexibility index (Phi) is 3.26. The summed E-state index contributed by atoms with van der Waals surface area (Å²) in [6, 6.07) is 5.77. The van der Waals surface area contributed by atoms with Gasteiger partial charge in [-0.05, 0) is 48.9 Å². The molecular formula is C15H15ClN2O2. The highest BCUT2D eigenvalue weighted by atomic mass is 35.5. The summed E-state index contributed by atoms with van der Waals surface area (Å²) in [6.45, 7) is 1.84. The minimum Gasteiger partial charge on any atom is -0.297 e. The summed E-state index contributed by atoms with van der Waals surface area (Å²) >= 11 is 5.92. The second kappa shape index (κ2) is 4.94. The number of H-pyrrole nitrogens is 1. The molecule has 0 saturated heterocycles. The third kappa shape index (κ3) is 2.00. The molecule has 104 valence electrons. The van der Waals surface area contributed by atoms with E-state index in [4.69, 9.17) is 11.6 Å². The van der Waals surface area contributed by atoms with E-state index in [2.05, 4.69) is 4.98 Å². The number of nitrogens with one attached hydrogen (secondary N) is 1.